The van der Waals surface area contributed by atoms with Crippen molar-refractivity contribution in [3.05, 3.63) is 53.6 Å². The number of amides is 1. The van der Waals surface area contributed by atoms with Crippen LogP contribution in [0.3, 0.4) is 0 Å². The monoisotopic (exact) mass is 300 g/mol. The van der Waals surface area contributed by atoms with E-state index in [2.05, 4.69) is 10.5 Å². The highest BCUT2D eigenvalue weighted by Gasteiger charge is 2.10. The Morgan fingerprint density at radius 3 is 2.59 bits per heavy atom. The molecule has 0 radical (unpaired) electrons. The van der Waals surface area contributed by atoms with Crippen molar-refractivity contribution in [2.75, 3.05) is 14.2 Å². The van der Waals surface area contributed by atoms with Crippen LogP contribution in [0.4, 0.5) is 0 Å². The summed E-state index contributed by atoms with van der Waals surface area (Å²) in [6.45, 7) is 0. The number of aromatic hydroxyl groups is 1. The van der Waals surface area contributed by atoms with Crippen molar-refractivity contribution in [1.82, 2.24) is 5.43 Å². The van der Waals surface area contributed by atoms with Gasteiger partial charge in [-0.25, -0.2) is 5.43 Å². The average Bonchev–Trinajstić information content (AvgIpc) is 2.56. The zero-order valence-corrected chi connectivity index (χ0v) is 12.2. The third-order valence-corrected chi connectivity index (χ3v) is 2.94. The lowest BCUT2D eigenvalue weighted by molar-refractivity contribution is 0.0952. The lowest BCUT2D eigenvalue weighted by atomic mass is 10.2. The highest BCUT2D eigenvalue weighted by molar-refractivity contribution is 5.97. The molecule has 2 aromatic rings. The number of para-hydroxylation sites is 1. The van der Waals surface area contributed by atoms with Crippen molar-refractivity contribution in [1.29, 1.82) is 0 Å². The molecule has 0 saturated carbocycles. The predicted molar refractivity (Wildman–Crippen MR) is 82.7 cm³/mol. The smallest absolute Gasteiger partial charge is 0.275 e. The maximum absolute atomic E-state index is 12.0. The topological polar surface area (TPSA) is 80.2 Å². The SMILES string of the molecule is COc1cc(/C=N/NC(=O)c2ccccc2OC)ccc1O. The Labute approximate surface area is 128 Å². The lowest BCUT2D eigenvalue weighted by Crippen LogP contribution is -2.18. The Hall–Kier alpha value is -3.02. The van der Waals surface area contributed by atoms with Gasteiger partial charge >= 0.3 is 0 Å². The van der Waals surface area contributed by atoms with Crippen LogP contribution in [0.2, 0.25) is 0 Å². The van der Waals surface area contributed by atoms with Crippen molar-refractivity contribution in [2.45, 2.75) is 0 Å². The standard InChI is InChI=1S/C16H16N2O4/c1-21-14-6-4-3-5-12(14)16(20)18-17-10-11-7-8-13(19)15(9-11)22-2/h3-10,19H,1-2H3,(H,18,20)/b17-10+. The number of carbonyl (C=O) groups excluding carboxylic acids is 1. The minimum atomic E-state index is -0.376. The first-order valence-electron chi connectivity index (χ1n) is 6.49. The molecule has 2 rings (SSSR count). The number of hydrogen-bond donors (Lipinski definition) is 2. The van der Waals surface area contributed by atoms with Gasteiger partial charge in [0.1, 0.15) is 5.75 Å². The second kappa shape index (κ2) is 7.12. The summed E-state index contributed by atoms with van der Waals surface area (Å²) >= 11 is 0. The average molecular weight is 300 g/mol. The third kappa shape index (κ3) is 3.54. The molecule has 0 aliphatic carbocycles. The highest BCUT2D eigenvalue weighted by atomic mass is 16.5. The molecule has 0 heterocycles. The van der Waals surface area contributed by atoms with E-state index in [1.54, 1.807) is 36.4 Å². The van der Waals surface area contributed by atoms with Gasteiger partial charge in [-0.05, 0) is 35.9 Å². The van der Waals surface area contributed by atoms with E-state index in [0.29, 0.717) is 22.6 Å². The number of phenolic OH excluding ortho intramolecular Hbond substituents is 1. The number of nitrogens with one attached hydrogen (secondary N) is 1. The second-order valence-electron chi connectivity index (χ2n) is 4.33. The van der Waals surface area contributed by atoms with Crippen molar-refractivity contribution in [3.8, 4) is 17.2 Å². The van der Waals surface area contributed by atoms with Gasteiger partial charge in [0.25, 0.3) is 5.91 Å². The van der Waals surface area contributed by atoms with Gasteiger partial charge in [0, 0.05) is 0 Å². The van der Waals surface area contributed by atoms with E-state index >= 15 is 0 Å². The van der Waals surface area contributed by atoms with Crippen LogP contribution in [0, 0.1) is 0 Å². The van der Waals surface area contributed by atoms with E-state index in [4.69, 9.17) is 9.47 Å². The fourth-order valence-electron chi connectivity index (χ4n) is 1.83. The van der Waals surface area contributed by atoms with Gasteiger partial charge in [0.2, 0.25) is 0 Å². The van der Waals surface area contributed by atoms with Gasteiger partial charge in [-0.2, -0.15) is 5.10 Å². The Morgan fingerprint density at radius 1 is 1.14 bits per heavy atom. The summed E-state index contributed by atoms with van der Waals surface area (Å²) in [5, 5.41) is 13.4. The summed E-state index contributed by atoms with van der Waals surface area (Å²) in [4.78, 5) is 12.0. The van der Waals surface area contributed by atoms with Gasteiger partial charge in [-0.3, -0.25) is 4.79 Å². The van der Waals surface area contributed by atoms with Crippen molar-refractivity contribution in [3.63, 3.8) is 0 Å². The molecule has 0 atom stereocenters. The molecule has 6 nitrogen and oxygen atoms in total. The Morgan fingerprint density at radius 2 is 1.86 bits per heavy atom. The normalized spacial score (nSPS) is 10.5. The van der Waals surface area contributed by atoms with E-state index in [0.717, 1.165) is 0 Å². The molecule has 22 heavy (non-hydrogen) atoms. The first kappa shape index (κ1) is 15.4. The quantitative estimate of drug-likeness (QED) is 0.655. The first-order valence-corrected chi connectivity index (χ1v) is 6.49. The van der Waals surface area contributed by atoms with Gasteiger partial charge < -0.3 is 14.6 Å². The van der Waals surface area contributed by atoms with Crippen LogP contribution >= 0.6 is 0 Å². The number of hydrogen-bond acceptors (Lipinski definition) is 5. The zero-order chi connectivity index (χ0) is 15.9. The maximum Gasteiger partial charge on any atom is 0.275 e. The highest BCUT2D eigenvalue weighted by Crippen LogP contribution is 2.25. The number of nitrogens with zero attached hydrogens (tertiary/aromatic N) is 1. The third-order valence-electron chi connectivity index (χ3n) is 2.94. The van der Waals surface area contributed by atoms with E-state index in [9.17, 15) is 9.90 Å². The van der Waals surface area contributed by atoms with Crippen LogP contribution in [0.1, 0.15) is 15.9 Å². The molecule has 1 amide bonds. The molecular formula is C16H16N2O4. The minimum Gasteiger partial charge on any atom is -0.504 e. The van der Waals surface area contributed by atoms with E-state index in [1.165, 1.54) is 26.5 Å². The molecule has 6 heteroatoms. The summed E-state index contributed by atoms with van der Waals surface area (Å²) in [6.07, 6.45) is 1.45. The number of phenols is 1. The van der Waals surface area contributed by atoms with Gasteiger partial charge in [-0.15, -0.1) is 0 Å². The van der Waals surface area contributed by atoms with Crippen LogP contribution < -0.4 is 14.9 Å². The summed E-state index contributed by atoms with van der Waals surface area (Å²) in [7, 11) is 2.96. The van der Waals surface area contributed by atoms with Gasteiger partial charge in [0.15, 0.2) is 11.5 Å². The largest absolute Gasteiger partial charge is 0.504 e. The van der Waals surface area contributed by atoms with Crippen LogP contribution in [-0.2, 0) is 0 Å². The number of methoxy groups -OCH3 is 2. The molecule has 2 N–H and O–H groups in total. The molecular weight excluding hydrogens is 284 g/mol. The van der Waals surface area contributed by atoms with Gasteiger partial charge in [0.05, 0.1) is 26.0 Å². The summed E-state index contributed by atoms with van der Waals surface area (Å²) < 4.78 is 10.1. The van der Waals surface area contributed by atoms with Crippen LogP contribution in [-0.4, -0.2) is 31.4 Å². The number of hydrazone groups is 1. The van der Waals surface area contributed by atoms with Crippen molar-refractivity contribution >= 4 is 12.1 Å². The molecule has 0 unspecified atom stereocenters. The fraction of sp³-hybridized carbons (Fsp3) is 0.125. The molecule has 0 aliphatic heterocycles. The van der Waals surface area contributed by atoms with E-state index in [-0.39, 0.29) is 11.7 Å². The molecule has 0 spiro atoms. The first-order chi connectivity index (χ1) is 10.7. The Kier molecular flexibility index (Phi) is 4.98. The molecule has 0 fully saturated rings. The summed E-state index contributed by atoms with van der Waals surface area (Å²) in [6, 6.07) is 11.6. The second-order valence-corrected chi connectivity index (χ2v) is 4.33. The molecule has 0 saturated heterocycles. The van der Waals surface area contributed by atoms with Crippen molar-refractivity contribution in [2.24, 2.45) is 5.10 Å². The Balaban J connectivity index is 2.07. The number of rotatable bonds is 5. The zero-order valence-electron chi connectivity index (χ0n) is 12.2. The predicted octanol–water partition coefficient (Wildman–Crippen LogP) is 2.17. The lowest BCUT2D eigenvalue weighted by Gasteiger charge is -2.06. The fourth-order valence-corrected chi connectivity index (χ4v) is 1.83. The summed E-state index contributed by atoms with van der Waals surface area (Å²) in [5.74, 6) is 0.471. The molecule has 0 bridgehead atoms. The van der Waals surface area contributed by atoms with Crippen LogP contribution in [0.25, 0.3) is 0 Å². The minimum absolute atomic E-state index is 0.0395. The summed E-state index contributed by atoms with van der Waals surface area (Å²) in [5.41, 5.74) is 3.49. The maximum atomic E-state index is 12.0. The molecule has 0 aliphatic rings. The van der Waals surface area contributed by atoms with Gasteiger partial charge in [-0.1, -0.05) is 12.1 Å². The Bertz CT molecular complexity index is 698. The number of benzene rings is 2. The van der Waals surface area contributed by atoms with E-state index in [1.807, 2.05) is 0 Å². The van der Waals surface area contributed by atoms with Crippen LogP contribution in [0.15, 0.2) is 47.6 Å². The number of carbonyl (C=O) groups is 1. The molecule has 2 aromatic carbocycles. The molecule has 0 aromatic heterocycles. The number of ether oxygens (including phenoxy) is 2. The molecule has 114 valence electrons. The van der Waals surface area contributed by atoms with Crippen LogP contribution in [0.5, 0.6) is 17.2 Å². The van der Waals surface area contributed by atoms with E-state index < -0.39 is 0 Å². The van der Waals surface area contributed by atoms with Crippen molar-refractivity contribution < 1.29 is 19.4 Å².